The Morgan fingerprint density at radius 2 is 1.38 bits per heavy atom. The van der Waals surface area contributed by atoms with Crippen LogP contribution in [0.1, 0.15) is 50.3 Å². The molecule has 32 heavy (non-hydrogen) atoms. The summed E-state index contributed by atoms with van der Waals surface area (Å²) < 4.78 is 32.8. The number of hydrogen-bond donors (Lipinski definition) is 0. The van der Waals surface area contributed by atoms with Crippen molar-refractivity contribution in [1.29, 1.82) is 0 Å². The highest BCUT2D eigenvalue weighted by Gasteiger charge is 2.27. The SMILES string of the molecule is COc1cc(OC)c(C(CC(C)c2cccc(OC)c2OC(C)=O)OC(C)=O)cc1OC. The molecule has 0 N–H and O–H groups in total. The van der Waals surface area contributed by atoms with Gasteiger partial charge in [-0.05, 0) is 24.5 Å². The molecule has 0 bridgehead atoms. The van der Waals surface area contributed by atoms with Gasteiger partial charge in [0.2, 0.25) is 0 Å². The highest BCUT2D eigenvalue weighted by atomic mass is 16.6. The third-order valence-corrected chi connectivity index (χ3v) is 4.96. The first-order valence-corrected chi connectivity index (χ1v) is 10.1. The fourth-order valence-electron chi connectivity index (χ4n) is 3.53. The second kappa shape index (κ2) is 11.3. The van der Waals surface area contributed by atoms with Gasteiger partial charge in [0.15, 0.2) is 23.0 Å². The second-order valence-corrected chi connectivity index (χ2v) is 7.16. The van der Waals surface area contributed by atoms with Crippen molar-refractivity contribution in [3.8, 4) is 28.7 Å². The van der Waals surface area contributed by atoms with E-state index in [-0.39, 0.29) is 5.92 Å². The Bertz CT molecular complexity index is 953. The van der Waals surface area contributed by atoms with Gasteiger partial charge < -0.3 is 28.4 Å². The van der Waals surface area contributed by atoms with Crippen LogP contribution in [0.25, 0.3) is 0 Å². The molecule has 0 aliphatic rings. The van der Waals surface area contributed by atoms with E-state index in [1.165, 1.54) is 42.3 Å². The summed E-state index contributed by atoms with van der Waals surface area (Å²) in [6, 6.07) is 8.80. The molecular weight excluding hydrogens is 416 g/mol. The normalized spacial score (nSPS) is 12.3. The van der Waals surface area contributed by atoms with Gasteiger partial charge in [0.1, 0.15) is 11.9 Å². The second-order valence-electron chi connectivity index (χ2n) is 7.16. The zero-order chi connectivity index (χ0) is 23.8. The molecule has 8 heteroatoms. The monoisotopic (exact) mass is 446 g/mol. The number of ether oxygens (including phenoxy) is 6. The van der Waals surface area contributed by atoms with Crippen molar-refractivity contribution >= 4 is 11.9 Å². The average molecular weight is 446 g/mol. The molecule has 2 rings (SSSR count). The molecule has 0 saturated heterocycles. The van der Waals surface area contributed by atoms with Crippen molar-refractivity contribution in [3.63, 3.8) is 0 Å². The van der Waals surface area contributed by atoms with E-state index in [0.29, 0.717) is 40.7 Å². The van der Waals surface area contributed by atoms with E-state index in [4.69, 9.17) is 28.4 Å². The third-order valence-electron chi connectivity index (χ3n) is 4.96. The zero-order valence-corrected chi connectivity index (χ0v) is 19.5. The fourth-order valence-corrected chi connectivity index (χ4v) is 3.53. The van der Waals surface area contributed by atoms with Crippen LogP contribution in [0.5, 0.6) is 28.7 Å². The number of para-hydroxylation sites is 1. The molecule has 8 nitrogen and oxygen atoms in total. The number of hydrogen-bond acceptors (Lipinski definition) is 8. The number of rotatable bonds is 10. The number of carbonyl (C=O) groups is 2. The molecule has 0 amide bonds. The van der Waals surface area contributed by atoms with Crippen molar-refractivity contribution in [2.45, 2.75) is 39.2 Å². The summed E-state index contributed by atoms with van der Waals surface area (Å²) >= 11 is 0. The number of benzene rings is 2. The van der Waals surface area contributed by atoms with Crippen LogP contribution in [-0.2, 0) is 14.3 Å². The van der Waals surface area contributed by atoms with Gasteiger partial charge in [0.25, 0.3) is 0 Å². The van der Waals surface area contributed by atoms with Crippen molar-refractivity contribution < 1.29 is 38.0 Å². The van der Waals surface area contributed by atoms with Gasteiger partial charge in [0.05, 0.1) is 28.4 Å². The zero-order valence-electron chi connectivity index (χ0n) is 19.5. The van der Waals surface area contributed by atoms with Crippen LogP contribution in [0.15, 0.2) is 30.3 Å². The van der Waals surface area contributed by atoms with E-state index in [1.807, 2.05) is 19.1 Å². The van der Waals surface area contributed by atoms with E-state index in [0.717, 1.165) is 5.56 Å². The van der Waals surface area contributed by atoms with Crippen molar-refractivity contribution in [2.24, 2.45) is 0 Å². The first-order chi connectivity index (χ1) is 15.2. The third kappa shape index (κ3) is 5.84. The minimum atomic E-state index is -0.659. The lowest BCUT2D eigenvalue weighted by Gasteiger charge is -2.25. The smallest absolute Gasteiger partial charge is 0.308 e. The first kappa shape index (κ1) is 24.8. The molecule has 2 atom stereocenters. The minimum absolute atomic E-state index is 0.179. The van der Waals surface area contributed by atoms with Crippen LogP contribution in [0.2, 0.25) is 0 Å². The van der Waals surface area contributed by atoms with Gasteiger partial charge in [-0.15, -0.1) is 0 Å². The Hall–Kier alpha value is -3.42. The fraction of sp³-hybridized carbons (Fsp3) is 0.417. The van der Waals surface area contributed by atoms with Crippen LogP contribution < -0.4 is 23.7 Å². The molecular formula is C24H30O8. The van der Waals surface area contributed by atoms with Crippen LogP contribution in [-0.4, -0.2) is 40.4 Å². The summed E-state index contributed by atoms with van der Waals surface area (Å²) in [6.45, 7) is 4.63. The Morgan fingerprint density at radius 3 is 1.91 bits per heavy atom. The van der Waals surface area contributed by atoms with Gasteiger partial charge in [-0.1, -0.05) is 19.1 Å². The standard InChI is InChI=1S/C24H30O8/c1-14(17-9-8-10-19(27-4)24(17)32-16(3)26)11-21(31-15(2)25)18-12-22(29-6)23(30-7)13-20(18)28-5/h8-10,12-14,21H,11H2,1-7H3. The molecule has 0 fully saturated rings. The van der Waals surface area contributed by atoms with Crippen LogP contribution in [0.3, 0.4) is 0 Å². The van der Waals surface area contributed by atoms with Gasteiger partial charge in [0, 0.05) is 31.0 Å². The van der Waals surface area contributed by atoms with E-state index >= 15 is 0 Å². The Morgan fingerprint density at radius 1 is 0.781 bits per heavy atom. The maximum atomic E-state index is 11.9. The minimum Gasteiger partial charge on any atom is -0.496 e. The summed E-state index contributed by atoms with van der Waals surface area (Å²) in [7, 11) is 6.09. The van der Waals surface area contributed by atoms with Gasteiger partial charge in [-0.25, -0.2) is 0 Å². The summed E-state index contributed by atoms with van der Waals surface area (Å²) in [5.74, 6) is 1.18. The van der Waals surface area contributed by atoms with Gasteiger partial charge in [-0.3, -0.25) is 9.59 Å². The predicted octanol–water partition coefficient (Wildman–Crippen LogP) is 4.44. The Balaban J connectivity index is 2.51. The van der Waals surface area contributed by atoms with Gasteiger partial charge >= 0.3 is 11.9 Å². The summed E-state index contributed by atoms with van der Waals surface area (Å²) in [5, 5.41) is 0. The molecule has 0 aromatic heterocycles. The lowest BCUT2D eigenvalue weighted by molar-refractivity contribution is -0.147. The topological polar surface area (TPSA) is 89.5 Å². The van der Waals surface area contributed by atoms with E-state index < -0.39 is 18.0 Å². The molecule has 174 valence electrons. The quantitative estimate of drug-likeness (QED) is 0.391. The summed E-state index contributed by atoms with van der Waals surface area (Å²) in [6.07, 6.45) is -0.277. The maximum absolute atomic E-state index is 11.9. The Kier molecular flexibility index (Phi) is 8.75. The highest BCUT2D eigenvalue weighted by Crippen LogP contribution is 2.44. The largest absolute Gasteiger partial charge is 0.496 e. The molecule has 0 saturated carbocycles. The summed E-state index contributed by atoms with van der Waals surface area (Å²) in [5.41, 5.74) is 1.38. The number of esters is 2. The first-order valence-electron chi connectivity index (χ1n) is 10.1. The van der Waals surface area contributed by atoms with E-state index in [9.17, 15) is 9.59 Å². The molecule has 0 spiro atoms. The molecule has 0 radical (unpaired) electrons. The molecule has 0 aliphatic heterocycles. The number of methoxy groups -OCH3 is 4. The Labute approximate surface area is 188 Å². The summed E-state index contributed by atoms with van der Waals surface area (Å²) in [4.78, 5) is 23.6. The van der Waals surface area contributed by atoms with Crippen molar-refractivity contribution in [1.82, 2.24) is 0 Å². The molecule has 0 heterocycles. The van der Waals surface area contributed by atoms with Gasteiger partial charge in [-0.2, -0.15) is 0 Å². The van der Waals surface area contributed by atoms with E-state index in [1.54, 1.807) is 18.2 Å². The number of carbonyl (C=O) groups excluding carboxylic acids is 2. The van der Waals surface area contributed by atoms with Crippen molar-refractivity contribution in [3.05, 3.63) is 41.5 Å². The van der Waals surface area contributed by atoms with E-state index in [2.05, 4.69) is 0 Å². The predicted molar refractivity (Wildman–Crippen MR) is 118 cm³/mol. The van der Waals surface area contributed by atoms with Crippen LogP contribution in [0, 0.1) is 0 Å². The average Bonchev–Trinajstić information content (AvgIpc) is 2.76. The maximum Gasteiger partial charge on any atom is 0.308 e. The molecule has 2 aromatic carbocycles. The molecule has 0 aliphatic carbocycles. The van der Waals surface area contributed by atoms with Crippen molar-refractivity contribution in [2.75, 3.05) is 28.4 Å². The van der Waals surface area contributed by atoms with Crippen LogP contribution in [0.4, 0.5) is 0 Å². The lowest BCUT2D eigenvalue weighted by Crippen LogP contribution is -2.14. The molecule has 2 aromatic rings. The van der Waals surface area contributed by atoms with Crippen LogP contribution >= 0.6 is 0 Å². The molecule has 2 unspecified atom stereocenters. The highest BCUT2D eigenvalue weighted by molar-refractivity contribution is 5.71. The lowest BCUT2D eigenvalue weighted by atomic mass is 9.90.